The molecule has 3 aromatic rings. The molecule has 5 rings (SSSR count). The lowest BCUT2D eigenvalue weighted by molar-refractivity contribution is 0.324. The highest BCUT2D eigenvalue weighted by Crippen LogP contribution is 2.31. The van der Waals surface area contributed by atoms with E-state index < -0.39 is 0 Å². The summed E-state index contributed by atoms with van der Waals surface area (Å²) >= 11 is 0. The van der Waals surface area contributed by atoms with Gasteiger partial charge >= 0.3 is 0 Å². The molecule has 0 bridgehead atoms. The van der Waals surface area contributed by atoms with Crippen LogP contribution in [0.25, 0.3) is 16.7 Å². The van der Waals surface area contributed by atoms with Crippen molar-refractivity contribution in [2.45, 2.75) is 79.2 Å². The molecule has 0 aromatic carbocycles. The molecule has 0 unspecified atom stereocenters. The molecule has 204 valence electrons. The topological polar surface area (TPSA) is 63.9 Å². The second-order valence-electron chi connectivity index (χ2n) is 11.3. The van der Waals surface area contributed by atoms with Crippen molar-refractivity contribution in [3.05, 3.63) is 92.8 Å². The van der Waals surface area contributed by atoms with Crippen LogP contribution in [-0.2, 0) is 26.4 Å². The number of aromatic nitrogens is 4. The molecule has 0 N–H and O–H groups in total. The molecule has 1 aliphatic heterocycles. The Morgan fingerprint density at radius 2 is 1.85 bits per heavy atom. The average Bonchev–Trinajstić information content (AvgIpc) is 3.45. The standard InChI is InChI=1S/C33H41N5O/c1-6-9-31(23(3)24(4)33-36-29(18-32(39)37(33)5)16-25-10-7-8-11-25)38-15-14-30-28(21-38)17-27(20-35-30)26-13-12-22(2)34-19-26/h9,12-13,17-20,25H,6-8,10-11,14-16,21H2,1-5H3/b24-23-,31-9-. The largest absolute Gasteiger partial charge is 0.367 e. The Labute approximate surface area is 232 Å². The van der Waals surface area contributed by atoms with Crippen molar-refractivity contribution in [2.75, 3.05) is 6.54 Å². The van der Waals surface area contributed by atoms with Crippen LogP contribution in [-0.4, -0.2) is 31.0 Å². The van der Waals surface area contributed by atoms with E-state index >= 15 is 0 Å². The Balaban J connectivity index is 1.45. The van der Waals surface area contributed by atoms with Gasteiger partial charge < -0.3 is 4.90 Å². The molecular weight excluding hydrogens is 482 g/mol. The predicted octanol–water partition coefficient (Wildman–Crippen LogP) is 6.42. The van der Waals surface area contributed by atoms with Crippen molar-refractivity contribution in [1.82, 2.24) is 24.4 Å². The van der Waals surface area contributed by atoms with Crippen LogP contribution in [0.15, 0.2) is 58.8 Å². The third kappa shape index (κ3) is 5.90. The van der Waals surface area contributed by atoms with Gasteiger partial charge in [0.25, 0.3) is 5.56 Å². The fourth-order valence-electron chi connectivity index (χ4n) is 6.04. The minimum atomic E-state index is 0.0252. The van der Waals surface area contributed by atoms with Crippen LogP contribution in [0.4, 0.5) is 0 Å². The van der Waals surface area contributed by atoms with Crippen LogP contribution in [0.5, 0.6) is 0 Å². The molecule has 4 heterocycles. The van der Waals surface area contributed by atoms with E-state index in [0.29, 0.717) is 5.92 Å². The van der Waals surface area contributed by atoms with Gasteiger partial charge in [0.05, 0.1) is 0 Å². The van der Waals surface area contributed by atoms with E-state index in [2.05, 4.69) is 48.9 Å². The molecule has 0 spiro atoms. The van der Waals surface area contributed by atoms with E-state index in [1.165, 1.54) is 48.2 Å². The minimum absolute atomic E-state index is 0.0252. The normalized spacial score (nSPS) is 16.8. The van der Waals surface area contributed by atoms with E-state index in [1.807, 2.05) is 32.4 Å². The fourth-order valence-corrected chi connectivity index (χ4v) is 6.04. The summed E-state index contributed by atoms with van der Waals surface area (Å²) in [6.45, 7) is 10.2. The summed E-state index contributed by atoms with van der Waals surface area (Å²) in [7, 11) is 1.84. The monoisotopic (exact) mass is 523 g/mol. The molecule has 1 saturated carbocycles. The Morgan fingerprint density at radius 3 is 2.56 bits per heavy atom. The van der Waals surface area contributed by atoms with Gasteiger partial charge in [0, 0.05) is 78.9 Å². The lowest BCUT2D eigenvalue weighted by Gasteiger charge is -2.33. The minimum Gasteiger partial charge on any atom is -0.367 e. The van der Waals surface area contributed by atoms with E-state index in [-0.39, 0.29) is 5.56 Å². The van der Waals surface area contributed by atoms with E-state index in [9.17, 15) is 4.79 Å². The van der Waals surface area contributed by atoms with Gasteiger partial charge in [-0.05, 0) is 68.4 Å². The van der Waals surface area contributed by atoms with Crippen LogP contribution in [0.2, 0.25) is 0 Å². The Bertz CT molecular complexity index is 1460. The highest BCUT2D eigenvalue weighted by molar-refractivity contribution is 5.66. The number of allylic oxidation sites excluding steroid dienone is 3. The van der Waals surface area contributed by atoms with Crippen molar-refractivity contribution in [3.63, 3.8) is 0 Å². The number of pyridine rings is 2. The summed E-state index contributed by atoms with van der Waals surface area (Å²) in [6, 6.07) is 8.17. The van der Waals surface area contributed by atoms with Gasteiger partial charge in [-0.2, -0.15) is 0 Å². The summed E-state index contributed by atoms with van der Waals surface area (Å²) < 4.78 is 1.71. The number of hydrogen-bond acceptors (Lipinski definition) is 5. The number of rotatable bonds is 7. The molecule has 39 heavy (non-hydrogen) atoms. The summed E-state index contributed by atoms with van der Waals surface area (Å²) in [4.78, 5) is 29.7. The Kier molecular flexibility index (Phi) is 8.10. The summed E-state index contributed by atoms with van der Waals surface area (Å²) in [5.41, 5.74) is 10.1. The maximum atomic E-state index is 12.9. The number of nitrogens with zero attached hydrogens (tertiary/aromatic N) is 5. The zero-order valence-corrected chi connectivity index (χ0v) is 24.1. The van der Waals surface area contributed by atoms with Crippen LogP contribution < -0.4 is 5.56 Å². The Hall–Kier alpha value is -3.54. The average molecular weight is 524 g/mol. The molecule has 0 saturated heterocycles. The van der Waals surface area contributed by atoms with E-state index in [4.69, 9.17) is 9.97 Å². The smallest absolute Gasteiger partial charge is 0.253 e. The molecule has 1 fully saturated rings. The van der Waals surface area contributed by atoms with Gasteiger partial charge in [-0.3, -0.25) is 19.3 Å². The maximum Gasteiger partial charge on any atom is 0.253 e. The van der Waals surface area contributed by atoms with E-state index in [0.717, 1.165) is 66.3 Å². The first-order valence-corrected chi connectivity index (χ1v) is 14.4. The quantitative estimate of drug-likeness (QED) is 0.334. The number of fused-ring (bicyclic) bond motifs is 1. The highest BCUT2D eigenvalue weighted by atomic mass is 16.1. The first kappa shape index (κ1) is 27.0. The molecule has 0 radical (unpaired) electrons. The summed E-state index contributed by atoms with van der Waals surface area (Å²) in [6.07, 6.45) is 14.0. The SMILES string of the molecule is CC/C=C(/C(C)=C(/C)c1nc(CC2CCCC2)cc(=O)n1C)N1CCc2ncc(-c3ccc(C)nc3)cc2C1. The van der Waals surface area contributed by atoms with Gasteiger partial charge in [0.2, 0.25) is 0 Å². The van der Waals surface area contributed by atoms with Crippen molar-refractivity contribution >= 4 is 5.57 Å². The van der Waals surface area contributed by atoms with Crippen molar-refractivity contribution < 1.29 is 0 Å². The summed E-state index contributed by atoms with van der Waals surface area (Å²) in [5, 5.41) is 0. The van der Waals surface area contributed by atoms with Crippen molar-refractivity contribution in [1.29, 1.82) is 0 Å². The van der Waals surface area contributed by atoms with E-state index in [1.54, 1.807) is 10.6 Å². The molecule has 6 heteroatoms. The number of hydrogen-bond donors (Lipinski definition) is 0. The molecule has 1 aliphatic carbocycles. The number of aryl methyl sites for hydroxylation is 1. The first-order valence-electron chi connectivity index (χ1n) is 14.4. The van der Waals surface area contributed by atoms with Gasteiger partial charge in [-0.15, -0.1) is 0 Å². The lowest BCUT2D eigenvalue weighted by Crippen LogP contribution is -2.31. The zero-order valence-electron chi connectivity index (χ0n) is 24.1. The molecule has 2 aliphatic rings. The molecule has 3 aromatic heterocycles. The van der Waals surface area contributed by atoms with Crippen molar-refractivity contribution in [2.24, 2.45) is 13.0 Å². The second kappa shape index (κ2) is 11.7. The summed E-state index contributed by atoms with van der Waals surface area (Å²) in [5.74, 6) is 1.43. The highest BCUT2D eigenvalue weighted by Gasteiger charge is 2.23. The van der Waals surface area contributed by atoms with Gasteiger partial charge in [-0.1, -0.05) is 44.7 Å². The zero-order chi connectivity index (χ0) is 27.5. The van der Waals surface area contributed by atoms with Crippen LogP contribution in [0.3, 0.4) is 0 Å². The fraction of sp³-hybridized carbons (Fsp3) is 0.455. The Morgan fingerprint density at radius 1 is 1.08 bits per heavy atom. The molecule has 0 atom stereocenters. The molecular formula is C33H41N5O. The van der Waals surface area contributed by atoms with Crippen LogP contribution in [0, 0.1) is 12.8 Å². The maximum absolute atomic E-state index is 12.9. The lowest BCUT2D eigenvalue weighted by atomic mass is 9.98. The molecule has 6 nitrogen and oxygen atoms in total. The second-order valence-corrected chi connectivity index (χ2v) is 11.3. The predicted molar refractivity (Wildman–Crippen MR) is 158 cm³/mol. The molecule has 0 amide bonds. The van der Waals surface area contributed by atoms with Crippen LogP contribution in [0.1, 0.15) is 81.3 Å². The van der Waals surface area contributed by atoms with Gasteiger partial charge in [0.1, 0.15) is 5.82 Å². The van der Waals surface area contributed by atoms with Gasteiger partial charge in [-0.25, -0.2) is 4.98 Å². The van der Waals surface area contributed by atoms with Crippen LogP contribution >= 0.6 is 0 Å². The third-order valence-corrected chi connectivity index (χ3v) is 8.47. The first-order chi connectivity index (χ1) is 18.8. The van der Waals surface area contributed by atoms with Crippen molar-refractivity contribution in [3.8, 4) is 11.1 Å². The van der Waals surface area contributed by atoms with Gasteiger partial charge in [0.15, 0.2) is 0 Å². The third-order valence-electron chi connectivity index (χ3n) is 8.47.